The third-order valence-corrected chi connectivity index (χ3v) is 4.53. The summed E-state index contributed by atoms with van der Waals surface area (Å²) in [5.74, 6) is -0.669. The van der Waals surface area contributed by atoms with Gasteiger partial charge in [-0.1, -0.05) is 13.8 Å². The highest BCUT2D eigenvalue weighted by Crippen LogP contribution is 2.16. The first-order valence-corrected chi connectivity index (χ1v) is 9.21. The van der Waals surface area contributed by atoms with E-state index in [-0.39, 0.29) is 35.1 Å². The predicted octanol–water partition coefficient (Wildman–Crippen LogP) is 1.70. The molecule has 3 heterocycles. The Morgan fingerprint density at radius 1 is 1.14 bits per heavy atom. The number of nitrogens with one attached hydrogen (secondary N) is 2. The number of furan rings is 1. The van der Waals surface area contributed by atoms with E-state index < -0.39 is 11.8 Å². The lowest BCUT2D eigenvalue weighted by molar-refractivity contribution is -0.135. The first kappa shape index (κ1) is 19.5. The van der Waals surface area contributed by atoms with Crippen molar-refractivity contribution in [3.63, 3.8) is 0 Å². The van der Waals surface area contributed by atoms with Gasteiger partial charge in [0.15, 0.2) is 17.3 Å². The molecule has 1 saturated heterocycles. The molecular formula is C19H23N5O4. The molecule has 148 valence electrons. The zero-order chi connectivity index (χ0) is 20.1. The summed E-state index contributed by atoms with van der Waals surface area (Å²) in [4.78, 5) is 46.8. The summed E-state index contributed by atoms with van der Waals surface area (Å²) in [5, 5.41) is 5.46. The molecule has 9 nitrogen and oxygen atoms in total. The molecule has 0 atom stereocenters. The second-order valence-electron chi connectivity index (χ2n) is 6.91. The van der Waals surface area contributed by atoms with Crippen molar-refractivity contribution in [3.8, 4) is 0 Å². The number of anilines is 1. The zero-order valence-corrected chi connectivity index (χ0v) is 15.8. The van der Waals surface area contributed by atoms with Crippen LogP contribution in [0.1, 0.15) is 47.7 Å². The summed E-state index contributed by atoms with van der Waals surface area (Å²) < 4.78 is 5.04. The highest BCUT2D eigenvalue weighted by atomic mass is 16.3. The van der Waals surface area contributed by atoms with Crippen LogP contribution in [0.4, 0.5) is 5.82 Å². The van der Waals surface area contributed by atoms with Crippen LogP contribution in [-0.2, 0) is 4.79 Å². The lowest BCUT2D eigenvalue weighted by atomic mass is 10.0. The van der Waals surface area contributed by atoms with E-state index in [0.717, 1.165) is 0 Å². The molecule has 1 aliphatic rings. The van der Waals surface area contributed by atoms with Gasteiger partial charge in [-0.2, -0.15) is 0 Å². The van der Waals surface area contributed by atoms with E-state index in [4.69, 9.17) is 4.42 Å². The molecule has 3 amide bonds. The van der Waals surface area contributed by atoms with Gasteiger partial charge in [-0.15, -0.1) is 0 Å². The molecular weight excluding hydrogens is 362 g/mol. The molecule has 2 N–H and O–H groups in total. The Balaban J connectivity index is 1.61. The van der Waals surface area contributed by atoms with Gasteiger partial charge in [0.1, 0.15) is 0 Å². The van der Waals surface area contributed by atoms with Gasteiger partial charge in [0.25, 0.3) is 11.8 Å². The van der Waals surface area contributed by atoms with Crippen LogP contribution in [0.15, 0.2) is 35.2 Å². The first-order chi connectivity index (χ1) is 13.5. The van der Waals surface area contributed by atoms with E-state index in [1.807, 2.05) is 18.7 Å². The molecule has 0 aromatic carbocycles. The summed E-state index contributed by atoms with van der Waals surface area (Å²) >= 11 is 0. The Morgan fingerprint density at radius 3 is 2.50 bits per heavy atom. The standard InChI is InChI=1S/C19H23N5O4/c1-12(2)19(27)24-9-5-13(6-10-24)22-18(26)15-16(21-8-7-20-15)23-17(25)14-4-3-11-28-14/h3-4,7-8,11-13H,5-6,9-10H2,1-2H3,(H,22,26)(H,21,23,25). The topological polar surface area (TPSA) is 117 Å². The highest BCUT2D eigenvalue weighted by Gasteiger charge is 2.26. The van der Waals surface area contributed by atoms with Crippen LogP contribution in [0.25, 0.3) is 0 Å². The van der Waals surface area contributed by atoms with Crippen molar-refractivity contribution in [2.24, 2.45) is 5.92 Å². The molecule has 0 spiro atoms. The molecule has 28 heavy (non-hydrogen) atoms. The number of hydrogen-bond acceptors (Lipinski definition) is 6. The number of carbonyl (C=O) groups excluding carboxylic acids is 3. The fourth-order valence-corrected chi connectivity index (χ4v) is 3.04. The number of nitrogens with zero attached hydrogens (tertiary/aromatic N) is 3. The van der Waals surface area contributed by atoms with Crippen molar-refractivity contribution in [2.75, 3.05) is 18.4 Å². The van der Waals surface area contributed by atoms with Gasteiger partial charge in [0.05, 0.1) is 6.26 Å². The number of hydrogen-bond donors (Lipinski definition) is 2. The summed E-state index contributed by atoms with van der Waals surface area (Å²) in [6.45, 7) is 4.96. The van der Waals surface area contributed by atoms with Crippen LogP contribution in [0.2, 0.25) is 0 Å². The minimum absolute atomic E-state index is 0.0306. The normalized spacial score (nSPS) is 14.8. The molecule has 0 saturated carbocycles. The second-order valence-corrected chi connectivity index (χ2v) is 6.91. The first-order valence-electron chi connectivity index (χ1n) is 9.21. The minimum Gasteiger partial charge on any atom is -0.459 e. The van der Waals surface area contributed by atoms with E-state index in [1.165, 1.54) is 24.7 Å². The Labute approximate surface area is 162 Å². The smallest absolute Gasteiger partial charge is 0.292 e. The molecule has 0 unspecified atom stereocenters. The predicted molar refractivity (Wildman–Crippen MR) is 101 cm³/mol. The summed E-state index contributed by atoms with van der Waals surface area (Å²) in [7, 11) is 0. The van der Waals surface area contributed by atoms with Crippen molar-refractivity contribution < 1.29 is 18.8 Å². The molecule has 0 aliphatic carbocycles. The van der Waals surface area contributed by atoms with Gasteiger partial charge in [-0.3, -0.25) is 14.4 Å². The van der Waals surface area contributed by atoms with Crippen LogP contribution >= 0.6 is 0 Å². The van der Waals surface area contributed by atoms with Crippen LogP contribution < -0.4 is 10.6 Å². The molecule has 1 aliphatic heterocycles. The van der Waals surface area contributed by atoms with Gasteiger partial charge in [-0.05, 0) is 25.0 Å². The highest BCUT2D eigenvalue weighted by molar-refractivity contribution is 6.06. The largest absolute Gasteiger partial charge is 0.459 e. The molecule has 2 aromatic heterocycles. The molecule has 9 heteroatoms. The fraction of sp³-hybridized carbons (Fsp3) is 0.421. The van der Waals surface area contributed by atoms with Gasteiger partial charge >= 0.3 is 0 Å². The number of rotatable bonds is 5. The maximum Gasteiger partial charge on any atom is 0.292 e. The number of aromatic nitrogens is 2. The average molecular weight is 385 g/mol. The van der Waals surface area contributed by atoms with E-state index >= 15 is 0 Å². The van der Waals surface area contributed by atoms with Crippen molar-refractivity contribution in [3.05, 3.63) is 42.2 Å². The van der Waals surface area contributed by atoms with Crippen LogP contribution in [-0.4, -0.2) is 51.7 Å². The Kier molecular flexibility index (Phi) is 6.03. The Bertz CT molecular complexity index is 842. The molecule has 3 rings (SSSR count). The Morgan fingerprint density at radius 2 is 1.86 bits per heavy atom. The zero-order valence-electron chi connectivity index (χ0n) is 15.8. The third kappa shape index (κ3) is 4.54. The second kappa shape index (κ2) is 8.64. The number of amides is 3. The Hall–Kier alpha value is -3.23. The van der Waals surface area contributed by atoms with Gasteiger partial charge in [0.2, 0.25) is 5.91 Å². The van der Waals surface area contributed by atoms with E-state index in [9.17, 15) is 14.4 Å². The molecule has 1 fully saturated rings. The summed E-state index contributed by atoms with van der Waals surface area (Å²) in [6.07, 6.45) is 5.50. The molecule has 0 bridgehead atoms. The van der Waals surface area contributed by atoms with Gasteiger partial charge < -0.3 is 20.0 Å². The van der Waals surface area contributed by atoms with Crippen molar-refractivity contribution in [2.45, 2.75) is 32.7 Å². The van der Waals surface area contributed by atoms with E-state index in [2.05, 4.69) is 20.6 Å². The van der Waals surface area contributed by atoms with Crippen LogP contribution in [0, 0.1) is 5.92 Å². The maximum atomic E-state index is 12.7. The SMILES string of the molecule is CC(C)C(=O)N1CCC(NC(=O)c2nccnc2NC(=O)c2ccco2)CC1. The summed E-state index contributed by atoms with van der Waals surface area (Å²) in [5.41, 5.74) is 0.0306. The fourth-order valence-electron chi connectivity index (χ4n) is 3.04. The molecule has 2 aromatic rings. The van der Waals surface area contributed by atoms with Gasteiger partial charge in [-0.25, -0.2) is 9.97 Å². The summed E-state index contributed by atoms with van der Waals surface area (Å²) in [6, 6.07) is 3.03. The van der Waals surface area contributed by atoms with Gasteiger partial charge in [0, 0.05) is 37.4 Å². The van der Waals surface area contributed by atoms with E-state index in [0.29, 0.717) is 25.9 Å². The lowest BCUT2D eigenvalue weighted by Gasteiger charge is -2.33. The number of likely N-dealkylation sites (tertiary alicyclic amines) is 1. The molecule has 0 radical (unpaired) electrons. The van der Waals surface area contributed by atoms with Crippen molar-refractivity contribution in [1.29, 1.82) is 0 Å². The van der Waals surface area contributed by atoms with Crippen molar-refractivity contribution >= 4 is 23.5 Å². The lowest BCUT2D eigenvalue weighted by Crippen LogP contribution is -2.47. The average Bonchev–Trinajstić information content (AvgIpc) is 3.23. The third-order valence-electron chi connectivity index (χ3n) is 4.53. The van der Waals surface area contributed by atoms with Crippen LogP contribution in [0.5, 0.6) is 0 Å². The van der Waals surface area contributed by atoms with Crippen molar-refractivity contribution in [1.82, 2.24) is 20.2 Å². The maximum absolute atomic E-state index is 12.7. The number of carbonyl (C=O) groups is 3. The quantitative estimate of drug-likeness (QED) is 0.809. The van der Waals surface area contributed by atoms with E-state index in [1.54, 1.807) is 6.07 Å². The van der Waals surface area contributed by atoms with Crippen LogP contribution in [0.3, 0.4) is 0 Å². The monoisotopic (exact) mass is 385 g/mol. The minimum atomic E-state index is -0.514. The number of piperidine rings is 1.